The number of benzene rings is 3. The Kier molecular flexibility index (Phi) is 5.77. The largest absolute Gasteiger partial charge is 0.488 e. The summed E-state index contributed by atoms with van der Waals surface area (Å²) in [6, 6.07) is 21.9. The van der Waals surface area contributed by atoms with Gasteiger partial charge in [-0.15, -0.1) is 0 Å². The fourth-order valence-electron chi connectivity index (χ4n) is 3.56. The van der Waals surface area contributed by atoms with Gasteiger partial charge in [0, 0.05) is 46.7 Å². The Balaban J connectivity index is 1.70. The molecule has 0 aliphatic carbocycles. The molecule has 0 radical (unpaired) electrons. The summed E-state index contributed by atoms with van der Waals surface area (Å²) in [5, 5.41) is 10.8. The second-order valence-corrected chi connectivity index (χ2v) is 7.71. The smallest absolute Gasteiger partial charge is 0.303 e. The summed E-state index contributed by atoms with van der Waals surface area (Å²) in [6.45, 7) is 0.356. The van der Waals surface area contributed by atoms with Crippen LogP contribution in [0.3, 0.4) is 0 Å². The van der Waals surface area contributed by atoms with Gasteiger partial charge in [0.05, 0.1) is 0 Å². The van der Waals surface area contributed by atoms with Crippen molar-refractivity contribution < 1.29 is 14.6 Å². The molecule has 0 bridgehead atoms. The lowest BCUT2D eigenvalue weighted by Gasteiger charge is -2.15. The van der Waals surface area contributed by atoms with Gasteiger partial charge in [0.2, 0.25) is 0 Å². The molecular formula is C25H22ClNO3. The zero-order chi connectivity index (χ0) is 21.1. The molecule has 1 N–H and O–H groups in total. The highest BCUT2D eigenvalue weighted by molar-refractivity contribution is 6.31. The topological polar surface area (TPSA) is 51.5 Å². The minimum absolute atomic E-state index is 0.0942. The molecule has 0 aliphatic rings. The maximum absolute atomic E-state index is 11.0. The van der Waals surface area contributed by atoms with E-state index in [-0.39, 0.29) is 6.42 Å². The number of hydrogen-bond acceptors (Lipinski definition) is 2. The molecule has 5 heteroatoms. The van der Waals surface area contributed by atoms with Crippen molar-refractivity contribution in [3.63, 3.8) is 0 Å². The number of ether oxygens (including phenoxy) is 1. The van der Waals surface area contributed by atoms with E-state index < -0.39 is 5.97 Å². The van der Waals surface area contributed by atoms with E-state index in [0.29, 0.717) is 18.1 Å². The lowest BCUT2D eigenvalue weighted by atomic mass is 9.98. The normalized spacial score (nSPS) is 11.0. The first kappa shape index (κ1) is 20.0. The second-order valence-electron chi connectivity index (χ2n) is 7.30. The summed E-state index contributed by atoms with van der Waals surface area (Å²) in [5.74, 6) is -0.0643. The van der Waals surface area contributed by atoms with Gasteiger partial charge >= 0.3 is 5.97 Å². The van der Waals surface area contributed by atoms with E-state index in [9.17, 15) is 4.79 Å². The van der Waals surface area contributed by atoms with Gasteiger partial charge in [0.25, 0.3) is 0 Å². The average molecular weight is 420 g/mol. The number of fused-ring (bicyclic) bond motifs is 1. The van der Waals surface area contributed by atoms with Gasteiger partial charge in [0.15, 0.2) is 0 Å². The molecule has 0 aliphatic heterocycles. The van der Waals surface area contributed by atoms with Gasteiger partial charge in [-0.3, -0.25) is 4.79 Å². The van der Waals surface area contributed by atoms with Gasteiger partial charge in [-0.1, -0.05) is 41.9 Å². The number of carbonyl (C=O) groups is 1. The van der Waals surface area contributed by atoms with Crippen LogP contribution in [-0.2, 0) is 24.9 Å². The molecule has 4 nitrogen and oxygen atoms in total. The highest BCUT2D eigenvalue weighted by atomic mass is 35.5. The number of nitrogens with zero attached hydrogens (tertiary/aromatic N) is 1. The minimum atomic E-state index is -0.804. The lowest BCUT2D eigenvalue weighted by Crippen LogP contribution is -2.00. The molecule has 0 fully saturated rings. The summed E-state index contributed by atoms with van der Waals surface area (Å²) < 4.78 is 8.23. The Bertz CT molecular complexity index is 1210. The zero-order valence-corrected chi connectivity index (χ0v) is 17.4. The SMILES string of the molecule is Cn1ccc2cc(-c3cc(CCC(=O)O)ccc3OCc3ccccc3Cl)ccc21. The molecule has 1 aromatic heterocycles. The van der Waals surface area contributed by atoms with E-state index in [1.807, 2.05) is 55.7 Å². The van der Waals surface area contributed by atoms with E-state index in [0.717, 1.165) is 38.9 Å². The lowest BCUT2D eigenvalue weighted by molar-refractivity contribution is -0.136. The van der Waals surface area contributed by atoms with E-state index >= 15 is 0 Å². The van der Waals surface area contributed by atoms with Gasteiger partial charge in [-0.25, -0.2) is 0 Å². The van der Waals surface area contributed by atoms with Crippen LogP contribution < -0.4 is 4.74 Å². The van der Waals surface area contributed by atoms with Crippen LogP contribution >= 0.6 is 11.6 Å². The summed E-state index contributed by atoms with van der Waals surface area (Å²) in [5.41, 5.74) is 5.00. The molecule has 0 amide bonds. The highest BCUT2D eigenvalue weighted by Crippen LogP contribution is 2.34. The van der Waals surface area contributed by atoms with Gasteiger partial charge in [-0.05, 0) is 53.9 Å². The minimum Gasteiger partial charge on any atom is -0.488 e. The molecule has 30 heavy (non-hydrogen) atoms. The summed E-state index contributed by atoms with van der Waals surface area (Å²) in [6.07, 6.45) is 2.60. The van der Waals surface area contributed by atoms with Crippen LogP contribution in [0.15, 0.2) is 72.9 Å². The molecular weight excluding hydrogens is 398 g/mol. The first-order chi connectivity index (χ1) is 14.5. The van der Waals surface area contributed by atoms with Crippen molar-refractivity contribution in [3.8, 4) is 16.9 Å². The fraction of sp³-hybridized carbons (Fsp3) is 0.160. The summed E-state index contributed by atoms with van der Waals surface area (Å²) in [4.78, 5) is 11.0. The van der Waals surface area contributed by atoms with Crippen LogP contribution in [0.5, 0.6) is 5.75 Å². The molecule has 0 unspecified atom stereocenters. The Hall–Kier alpha value is -3.24. The van der Waals surface area contributed by atoms with E-state index in [2.05, 4.69) is 28.8 Å². The quantitative estimate of drug-likeness (QED) is 0.394. The zero-order valence-electron chi connectivity index (χ0n) is 16.6. The molecule has 3 aromatic carbocycles. The second kappa shape index (κ2) is 8.64. The Morgan fingerprint density at radius 1 is 1.07 bits per heavy atom. The van der Waals surface area contributed by atoms with Crippen molar-refractivity contribution in [1.82, 2.24) is 4.57 Å². The van der Waals surface area contributed by atoms with E-state index in [1.54, 1.807) is 0 Å². The molecule has 1 heterocycles. The standard InChI is InChI=1S/C25H22ClNO3/c1-27-13-12-19-15-18(8-9-23(19)27)21-14-17(7-11-25(28)29)6-10-24(21)30-16-20-4-2-3-5-22(20)26/h2-6,8-10,12-15H,7,11,16H2,1H3,(H,28,29). The number of rotatable bonds is 7. The van der Waals surface area contributed by atoms with Crippen LogP contribution in [0.4, 0.5) is 0 Å². The fourth-order valence-corrected chi connectivity index (χ4v) is 3.75. The average Bonchev–Trinajstić information content (AvgIpc) is 3.12. The van der Waals surface area contributed by atoms with Gasteiger partial charge < -0.3 is 14.4 Å². The van der Waals surface area contributed by atoms with Gasteiger partial charge in [0.1, 0.15) is 12.4 Å². The van der Waals surface area contributed by atoms with Gasteiger partial charge in [-0.2, -0.15) is 0 Å². The van der Waals surface area contributed by atoms with Crippen molar-refractivity contribution >= 4 is 28.5 Å². The number of aromatic nitrogens is 1. The van der Waals surface area contributed by atoms with Crippen LogP contribution in [0, 0.1) is 0 Å². The Morgan fingerprint density at radius 2 is 1.90 bits per heavy atom. The maximum Gasteiger partial charge on any atom is 0.303 e. The molecule has 0 atom stereocenters. The van der Waals surface area contributed by atoms with E-state index in [1.165, 1.54) is 0 Å². The number of carboxylic acids is 1. The first-order valence-corrected chi connectivity index (χ1v) is 10.2. The third-order valence-corrected chi connectivity index (χ3v) is 5.58. The monoisotopic (exact) mass is 419 g/mol. The van der Waals surface area contributed by atoms with Crippen LogP contribution in [0.2, 0.25) is 5.02 Å². The number of aliphatic carboxylic acids is 1. The number of carboxylic acid groups (broad SMARTS) is 1. The predicted molar refractivity (Wildman–Crippen MR) is 120 cm³/mol. The number of halogens is 1. The van der Waals surface area contributed by atoms with Crippen LogP contribution in [0.25, 0.3) is 22.0 Å². The third-order valence-electron chi connectivity index (χ3n) is 5.21. The molecule has 0 saturated heterocycles. The number of hydrogen-bond donors (Lipinski definition) is 1. The van der Waals surface area contributed by atoms with E-state index in [4.69, 9.17) is 21.4 Å². The molecule has 4 rings (SSSR count). The highest BCUT2D eigenvalue weighted by Gasteiger charge is 2.12. The van der Waals surface area contributed by atoms with Crippen LogP contribution in [-0.4, -0.2) is 15.6 Å². The molecule has 0 spiro atoms. The first-order valence-electron chi connectivity index (χ1n) is 9.77. The van der Waals surface area contributed by atoms with Crippen molar-refractivity contribution in [2.75, 3.05) is 0 Å². The molecule has 0 saturated carbocycles. The van der Waals surface area contributed by atoms with Crippen molar-refractivity contribution in [3.05, 3.63) is 89.1 Å². The maximum atomic E-state index is 11.0. The molecule has 152 valence electrons. The third kappa shape index (κ3) is 4.34. The van der Waals surface area contributed by atoms with Crippen molar-refractivity contribution in [1.29, 1.82) is 0 Å². The Morgan fingerprint density at radius 3 is 2.70 bits per heavy atom. The summed E-state index contributed by atoms with van der Waals surface area (Å²) >= 11 is 6.27. The van der Waals surface area contributed by atoms with Crippen LogP contribution in [0.1, 0.15) is 17.5 Å². The summed E-state index contributed by atoms with van der Waals surface area (Å²) in [7, 11) is 2.02. The predicted octanol–water partition coefficient (Wildman–Crippen LogP) is 6.09. The molecule has 4 aromatic rings. The Labute approximate surface area is 180 Å². The van der Waals surface area contributed by atoms with Crippen molar-refractivity contribution in [2.24, 2.45) is 7.05 Å². The number of aryl methyl sites for hydroxylation is 2. The van der Waals surface area contributed by atoms with Crippen molar-refractivity contribution in [2.45, 2.75) is 19.4 Å².